The van der Waals surface area contributed by atoms with E-state index in [1.165, 1.54) is 12.1 Å². The Morgan fingerprint density at radius 3 is 2.16 bits per heavy atom. The highest BCUT2D eigenvalue weighted by molar-refractivity contribution is 5.89. The predicted molar refractivity (Wildman–Crippen MR) is 108 cm³/mol. The second-order valence-corrected chi connectivity index (χ2v) is 6.75. The van der Waals surface area contributed by atoms with Gasteiger partial charge in [-0.3, -0.25) is 0 Å². The third-order valence-electron chi connectivity index (χ3n) is 4.65. The van der Waals surface area contributed by atoms with E-state index in [-0.39, 0.29) is 5.56 Å². The van der Waals surface area contributed by atoms with Crippen molar-refractivity contribution in [3.05, 3.63) is 82.2 Å². The molecule has 1 aliphatic rings. The standard InChI is InChI=1S/C21H21N3O8/c22-24-23-12-30-21-18(32-20(28)14-9-5-2-6-10-14)17(26)16(25)15(31-21)11-29-19(27)13-7-3-1-4-8-13/h1-10,15-18,21,25-26H,11-12H2/t15?,16-,17-,18?,21+/m0/s1. The first-order valence-electron chi connectivity index (χ1n) is 9.63. The molecule has 32 heavy (non-hydrogen) atoms. The molecule has 2 aromatic rings. The molecule has 0 spiro atoms. The molecule has 1 saturated heterocycles. The predicted octanol–water partition coefficient (Wildman–Crippen LogP) is 1.80. The molecule has 0 radical (unpaired) electrons. The number of carbonyl (C=O) groups is 2. The van der Waals surface area contributed by atoms with Crippen molar-refractivity contribution >= 4 is 11.9 Å². The van der Waals surface area contributed by atoms with Crippen molar-refractivity contribution in [3.63, 3.8) is 0 Å². The van der Waals surface area contributed by atoms with E-state index in [1.54, 1.807) is 48.5 Å². The van der Waals surface area contributed by atoms with Crippen molar-refractivity contribution in [1.29, 1.82) is 0 Å². The molecule has 0 saturated carbocycles. The number of nitrogens with zero attached hydrogens (tertiary/aromatic N) is 3. The molecule has 2 unspecified atom stereocenters. The van der Waals surface area contributed by atoms with Crippen LogP contribution in [0.4, 0.5) is 0 Å². The molecular weight excluding hydrogens is 422 g/mol. The van der Waals surface area contributed by atoms with Crippen LogP contribution in [0.25, 0.3) is 10.4 Å². The molecule has 2 aromatic carbocycles. The smallest absolute Gasteiger partial charge is 0.338 e. The summed E-state index contributed by atoms with van der Waals surface area (Å²) in [5.74, 6) is -1.43. The number of benzene rings is 2. The maximum atomic E-state index is 12.4. The monoisotopic (exact) mass is 443 g/mol. The summed E-state index contributed by atoms with van der Waals surface area (Å²) in [6.07, 6.45) is -7.22. The quantitative estimate of drug-likeness (QED) is 0.270. The summed E-state index contributed by atoms with van der Waals surface area (Å²) in [4.78, 5) is 27.1. The summed E-state index contributed by atoms with van der Waals surface area (Å²) in [5.41, 5.74) is 8.97. The van der Waals surface area contributed by atoms with Crippen molar-refractivity contribution in [2.24, 2.45) is 5.11 Å². The van der Waals surface area contributed by atoms with Gasteiger partial charge in [-0.1, -0.05) is 41.5 Å². The Morgan fingerprint density at radius 2 is 1.56 bits per heavy atom. The van der Waals surface area contributed by atoms with E-state index in [0.29, 0.717) is 5.56 Å². The number of ether oxygens (including phenoxy) is 4. The van der Waals surface area contributed by atoms with Gasteiger partial charge in [0.2, 0.25) is 0 Å². The van der Waals surface area contributed by atoms with Gasteiger partial charge in [-0.15, -0.1) is 0 Å². The zero-order valence-corrected chi connectivity index (χ0v) is 16.8. The largest absolute Gasteiger partial charge is 0.459 e. The summed E-state index contributed by atoms with van der Waals surface area (Å²) in [7, 11) is 0. The molecule has 0 bridgehead atoms. The molecule has 11 nitrogen and oxygen atoms in total. The summed E-state index contributed by atoms with van der Waals surface area (Å²) >= 11 is 0. The minimum Gasteiger partial charge on any atom is -0.459 e. The Balaban J connectivity index is 1.69. The molecular formula is C21H21N3O8. The van der Waals surface area contributed by atoms with Gasteiger partial charge in [-0.2, -0.15) is 0 Å². The fraction of sp³-hybridized carbons (Fsp3) is 0.333. The van der Waals surface area contributed by atoms with Gasteiger partial charge in [0.25, 0.3) is 0 Å². The van der Waals surface area contributed by atoms with Crippen molar-refractivity contribution in [2.75, 3.05) is 13.3 Å². The molecule has 1 heterocycles. The highest BCUT2D eigenvalue weighted by Crippen LogP contribution is 2.26. The van der Waals surface area contributed by atoms with Crippen molar-refractivity contribution in [1.82, 2.24) is 0 Å². The maximum absolute atomic E-state index is 12.4. The highest BCUT2D eigenvalue weighted by Gasteiger charge is 2.48. The van der Waals surface area contributed by atoms with E-state index in [9.17, 15) is 19.8 Å². The second kappa shape index (κ2) is 11.2. The van der Waals surface area contributed by atoms with Crippen LogP contribution < -0.4 is 0 Å². The minimum absolute atomic E-state index is 0.210. The Morgan fingerprint density at radius 1 is 0.969 bits per heavy atom. The van der Waals surface area contributed by atoms with Gasteiger partial charge in [0.05, 0.1) is 11.1 Å². The second-order valence-electron chi connectivity index (χ2n) is 6.75. The number of rotatable bonds is 8. The van der Waals surface area contributed by atoms with E-state index < -0.39 is 56.0 Å². The molecule has 2 N–H and O–H groups in total. The Bertz CT molecular complexity index is 950. The van der Waals surface area contributed by atoms with Crippen molar-refractivity contribution < 1.29 is 38.7 Å². The van der Waals surface area contributed by atoms with Gasteiger partial charge >= 0.3 is 11.9 Å². The van der Waals surface area contributed by atoms with Crippen LogP contribution in [-0.4, -0.2) is 66.2 Å². The average Bonchev–Trinajstić information content (AvgIpc) is 2.83. The molecule has 11 heteroatoms. The Labute approximate surface area is 182 Å². The van der Waals surface area contributed by atoms with Gasteiger partial charge < -0.3 is 29.2 Å². The van der Waals surface area contributed by atoms with Crippen molar-refractivity contribution in [3.8, 4) is 0 Å². The molecule has 1 aliphatic heterocycles. The lowest BCUT2D eigenvalue weighted by Crippen LogP contribution is -2.60. The highest BCUT2D eigenvalue weighted by atomic mass is 16.7. The van der Waals surface area contributed by atoms with Gasteiger partial charge in [-0.05, 0) is 29.8 Å². The van der Waals surface area contributed by atoms with Crippen molar-refractivity contribution in [2.45, 2.75) is 30.7 Å². The number of carbonyl (C=O) groups excluding carboxylic acids is 2. The summed E-state index contributed by atoms with van der Waals surface area (Å²) in [5, 5.41) is 24.3. The van der Waals surface area contributed by atoms with Crippen LogP contribution in [0.5, 0.6) is 0 Å². The average molecular weight is 443 g/mol. The van der Waals surface area contributed by atoms with Crippen LogP contribution in [-0.2, 0) is 18.9 Å². The van der Waals surface area contributed by atoms with Crippen LogP contribution in [0, 0.1) is 0 Å². The van der Waals surface area contributed by atoms with E-state index >= 15 is 0 Å². The molecule has 3 rings (SSSR count). The fourth-order valence-electron chi connectivity index (χ4n) is 3.02. The summed E-state index contributed by atoms with van der Waals surface area (Å²) in [6.45, 7) is -0.896. The fourth-order valence-corrected chi connectivity index (χ4v) is 3.02. The van der Waals surface area contributed by atoms with Crippen LogP contribution in [0.3, 0.4) is 0 Å². The minimum atomic E-state index is -1.63. The van der Waals surface area contributed by atoms with Crippen LogP contribution in [0.1, 0.15) is 20.7 Å². The lowest BCUT2D eigenvalue weighted by Gasteiger charge is -2.41. The Kier molecular flexibility index (Phi) is 8.14. The normalized spacial score (nSPS) is 24.8. The van der Waals surface area contributed by atoms with Gasteiger partial charge in [-0.25, -0.2) is 9.59 Å². The van der Waals surface area contributed by atoms with Gasteiger partial charge in [0, 0.05) is 4.91 Å². The van der Waals surface area contributed by atoms with E-state index in [2.05, 4.69) is 10.0 Å². The summed E-state index contributed by atoms with van der Waals surface area (Å²) in [6, 6.07) is 16.2. The SMILES string of the molecule is [N-]=[N+]=NCO[C@@H]1OC(COC(=O)c2ccccc2)[C@H](O)[C@H](O)C1OC(=O)c1ccccc1. The third-order valence-corrected chi connectivity index (χ3v) is 4.65. The first kappa shape index (κ1) is 23.2. The van der Waals surface area contributed by atoms with Crippen LogP contribution >= 0.6 is 0 Å². The topological polar surface area (TPSA) is 160 Å². The van der Waals surface area contributed by atoms with E-state index in [4.69, 9.17) is 24.5 Å². The van der Waals surface area contributed by atoms with Crippen LogP contribution in [0.15, 0.2) is 65.8 Å². The number of aliphatic hydroxyl groups is 2. The lowest BCUT2D eigenvalue weighted by molar-refractivity contribution is -0.299. The van der Waals surface area contributed by atoms with Crippen LogP contribution in [0.2, 0.25) is 0 Å². The number of azide groups is 1. The number of hydrogen-bond donors (Lipinski definition) is 2. The molecule has 1 fully saturated rings. The molecule has 0 aliphatic carbocycles. The lowest BCUT2D eigenvalue weighted by atomic mass is 9.99. The zero-order valence-electron chi connectivity index (χ0n) is 16.8. The molecule has 0 amide bonds. The molecule has 5 atom stereocenters. The number of aliphatic hydroxyl groups excluding tert-OH is 2. The molecule has 168 valence electrons. The van der Waals surface area contributed by atoms with Gasteiger partial charge in [0.1, 0.15) is 31.6 Å². The number of esters is 2. The first-order valence-corrected chi connectivity index (χ1v) is 9.63. The Hall–Kier alpha value is -3.47. The van der Waals surface area contributed by atoms with E-state index in [0.717, 1.165) is 0 Å². The zero-order chi connectivity index (χ0) is 22.9. The third kappa shape index (κ3) is 5.82. The first-order chi connectivity index (χ1) is 15.5. The maximum Gasteiger partial charge on any atom is 0.338 e. The number of hydrogen-bond acceptors (Lipinski definition) is 9. The van der Waals surface area contributed by atoms with Gasteiger partial charge in [0.15, 0.2) is 12.4 Å². The summed E-state index contributed by atoms with van der Waals surface area (Å²) < 4.78 is 21.3. The molecule has 0 aromatic heterocycles. The van der Waals surface area contributed by atoms with E-state index in [1.807, 2.05) is 0 Å².